The molecule has 0 unspecified atom stereocenters. The highest BCUT2D eigenvalue weighted by Gasteiger charge is 2.23. The predicted molar refractivity (Wildman–Crippen MR) is 131 cm³/mol. The van der Waals surface area contributed by atoms with Crippen molar-refractivity contribution in [2.24, 2.45) is 0 Å². The quantitative estimate of drug-likeness (QED) is 0.297. The molecule has 0 atom stereocenters. The summed E-state index contributed by atoms with van der Waals surface area (Å²) in [7, 11) is 0. The standard InChI is InChI=1S/C21H18N2O.3C2H6/c1-13-6-7-17-14(2)20-18-5-3-4-15-8-9-22(21(15)18)11-16(24)12-23(20)19(17)10-13;3*1-2/h3-10H,11-12H2,1-2H3;3*1-2H3. The van der Waals surface area contributed by atoms with Gasteiger partial charge in [-0.3, -0.25) is 4.79 Å². The molecule has 1 aliphatic rings. The number of hydrogen-bond acceptors (Lipinski definition) is 1. The van der Waals surface area contributed by atoms with Crippen LogP contribution >= 0.6 is 0 Å². The van der Waals surface area contributed by atoms with E-state index in [1.54, 1.807) is 0 Å². The Kier molecular flexibility index (Phi) is 8.05. The molecule has 0 saturated heterocycles. The summed E-state index contributed by atoms with van der Waals surface area (Å²) >= 11 is 0. The highest BCUT2D eigenvalue weighted by Crippen LogP contribution is 2.38. The Morgan fingerprint density at radius 1 is 0.833 bits per heavy atom. The van der Waals surface area contributed by atoms with E-state index in [1.165, 1.54) is 33.2 Å². The molecule has 4 aromatic rings. The zero-order chi connectivity index (χ0) is 22.4. The third-order valence-electron chi connectivity index (χ3n) is 5.20. The maximum Gasteiger partial charge on any atom is 0.172 e. The highest BCUT2D eigenvalue weighted by atomic mass is 16.1. The first-order valence-corrected chi connectivity index (χ1v) is 11.3. The molecule has 5 rings (SSSR count). The zero-order valence-electron chi connectivity index (χ0n) is 19.8. The minimum absolute atomic E-state index is 0.238. The molecule has 0 radical (unpaired) electrons. The minimum Gasteiger partial charge on any atom is -0.339 e. The van der Waals surface area contributed by atoms with E-state index in [0.29, 0.717) is 13.1 Å². The number of para-hydroxylation sites is 1. The van der Waals surface area contributed by atoms with Gasteiger partial charge in [-0.1, -0.05) is 71.9 Å². The van der Waals surface area contributed by atoms with Crippen LogP contribution in [0.4, 0.5) is 0 Å². The second-order valence-corrected chi connectivity index (χ2v) is 6.81. The molecule has 2 aromatic carbocycles. The van der Waals surface area contributed by atoms with Gasteiger partial charge in [0.1, 0.15) is 0 Å². The van der Waals surface area contributed by atoms with Crippen molar-refractivity contribution in [1.29, 1.82) is 0 Å². The Morgan fingerprint density at radius 3 is 2.23 bits per heavy atom. The molecule has 0 saturated carbocycles. The van der Waals surface area contributed by atoms with E-state index in [9.17, 15) is 4.79 Å². The molecule has 160 valence electrons. The zero-order valence-corrected chi connectivity index (χ0v) is 19.8. The lowest BCUT2D eigenvalue weighted by atomic mass is 10.0. The average molecular weight is 405 g/mol. The normalized spacial score (nSPS) is 11.8. The summed E-state index contributed by atoms with van der Waals surface area (Å²) in [6.07, 6.45) is 2.03. The molecule has 0 amide bonds. The lowest BCUT2D eigenvalue weighted by Crippen LogP contribution is -2.19. The summed E-state index contributed by atoms with van der Waals surface area (Å²) in [5.41, 5.74) is 7.19. The fraction of sp³-hybridized carbons (Fsp3) is 0.370. The van der Waals surface area contributed by atoms with Crippen molar-refractivity contribution in [1.82, 2.24) is 9.13 Å². The van der Waals surface area contributed by atoms with Crippen molar-refractivity contribution in [2.45, 2.75) is 68.5 Å². The molecule has 0 bridgehead atoms. The van der Waals surface area contributed by atoms with E-state index in [4.69, 9.17) is 0 Å². The van der Waals surface area contributed by atoms with Gasteiger partial charge in [0.2, 0.25) is 0 Å². The van der Waals surface area contributed by atoms with E-state index in [2.05, 4.69) is 65.4 Å². The number of benzene rings is 2. The van der Waals surface area contributed by atoms with E-state index >= 15 is 0 Å². The summed E-state index contributed by atoms with van der Waals surface area (Å²) in [6.45, 7) is 17.1. The molecule has 0 aliphatic carbocycles. The topological polar surface area (TPSA) is 26.9 Å². The monoisotopic (exact) mass is 404 g/mol. The van der Waals surface area contributed by atoms with Crippen LogP contribution < -0.4 is 0 Å². The van der Waals surface area contributed by atoms with Gasteiger partial charge in [0.15, 0.2) is 5.78 Å². The van der Waals surface area contributed by atoms with Crippen LogP contribution in [0.2, 0.25) is 0 Å². The van der Waals surface area contributed by atoms with Crippen LogP contribution in [0.3, 0.4) is 0 Å². The van der Waals surface area contributed by atoms with Gasteiger partial charge >= 0.3 is 0 Å². The van der Waals surface area contributed by atoms with E-state index in [0.717, 1.165) is 11.0 Å². The second kappa shape index (κ2) is 10.3. The molecule has 2 aromatic heterocycles. The minimum atomic E-state index is 0.238. The number of nitrogens with zero attached hydrogens (tertiary/aromatic N) is 2. The average Bonchev–Trinajstić information content (AvgIpc) is 3.30. The Hall–Kier alpha value is -2.81. The van der Waals surface area contributed by atoms with Crippen molar-refractivity contribution in [3.05, 3.63) is 59.8 Å². The van der Waals surface area contributed by atoms with Gasteiger partial charge in [-0.25, -0.2) is 0 Å². The Labute approximate surface area is 181 Å². The van der Waals surface area contributed by atoms with Crippen molar-refractivity contribution >= 4 is 27.6 Å². The first kappa shape index (κ1) is 23.5. The van der Waals surface area contributed by atoms with Gasteiger partial charge in [-0.15, -0.1) is 0 Å². The largest absolute Gasteiger partial charge is 0.339 e. The third-order valence-corrected chi connectivity index (χ3v) is 5.20. The number of hydrogen-bond donors (Lipinski definition) is 0. The van der Waals surface area contributed by atoms with E-state index in [-0.39, 0.29) is 5.78 Å². The molecule has 3 nitrogen and oxygen atoms in total. The van der Waals surface area contributed by atoms with Crippen LogP contribution in [-0.2, 0) is 17.9 Å². The summed E-state index contributed by atoms with van der Waals surface area (Å²) in [5.74, 6) is 0.238. The van der Waals surface area contributed by atoms with Gasteiger partial charge in [0, 0.05) is 28.0 Å². The fourth-order valence-electron chi connectivity index (χ4n) is 4.14. The second-order valence-electron chi connectivity index (χ2n) is 6.81. The molecule has 3 heterocycles. The number of aromatic nitrogens is 2. The fourth-order valence-corrected chi connectivity index (χ4v) is 4.14. The van der Waals surface area contributed by atoms with E-state index < -0.39 is 0 Å². The number of rotatable bonds is 0. The van der Waals surface area contributed by atoms with Gasteiger partial charge in [0.25, 0.3) is 0 Å². The molecule has 0 fully saturated rings. The maximum atomic E-state index is 12.6. The maximum absolute atomic E-state index is 12.6. The summed E-state index contributed by atoms with van der Waals surface area (Å²) < 4.78 is 4.31. The molecule has 0 spiro atoms. The molecular formula is C27H36N2O. The Morgan fingerprint density at radius 2 is 1.53 bits per heavy atom. The van der Waals surface area contributed by atoms with Gasteiger partial charge in [-0.2, -0.15) is 0 Å². The SMILES string of the molecule is CC.CC.CC.Cc1ccc2c(C)c3n(c2c1)CC(=O)Cn1ccc2cccc-3c21. The molecule has 0 N–H and O–H groups in total. The highest BCUT2D eigenvalue weighted by molar-refractivity contribution is 6.02. The van der Waals surface area contributed by atoms with Gasteiger partial charge in [0.05, 0.1) is 24.3 Å². The number of aryl methyl sites for hydroxylation is 2. The lowest BCUT2D eigenvalue weighted by Gasteiger charge is -2.18. The van der Waals surface area contributed by atoms with Crippen LogP contribution in [0, 0.1) is 13.8 Å². The third kappa shape index (κ3) is 3.94. The first-order chi connectivity index (χ1) is 14.6. The number of carbonyl (C=O) groups is 1. The van der Waals surface area contributed by atoms with Gasteiger partial charge < -0.3 is 9.13 Å². The molecule has 3 heteroatoms. The number of carbonyl (C=O) groups excluding carboxylic acids is 1. The van der Waals surface area contributed by atoms with Crippen LogP contribution in [0.15, 0.2) is 48.7 Å². The lowest BCUT2D eigenvalue weighted by molar-refractivity contribution is -0.120. The van der Waals surface area contributed by atoms with Crippen LogP contribution in [0.25, 0.3) is 33.1 Å². The number of fused-ring (bicyclic) bond motifs is 4. The van der Waals surface area contributed by atoms with Crippen LogP contribution in [-0.4, -0.2) is 14.9 Å². The summed E-state index contributed by atoms with van der Waals surface area (Å²) in [5, 5.41) is 2.43. The molecular weight excluding hydrogens is 368 g/mol. The molecule has 1 aliphatic heterocycles. The predicted octanol–water partition coefficient (Wildman–Crippen LogP) is 7.54. The number of Topliss-reactive ketones (excluding diaryl/α,β-unsaturated/α-hetero) is 1. The first-order valence-electron chi connectivity index (χ1n) is 11.3. The number of ketones is 1. The summed E-state index contributed by atoms with van der Waals surface area (Å²) in [4.78, 5) is 12.6. The smallest absolute Gasteiger partial charge is 0.172 e. The van der Waals surface area contributed by atoms with Crippen molar-refractivity contribution in [3.63, 3.8) is 0 Å². The van der Waals surface area contributed by atoms with Crippen LogP contribution in [0.5, 0.6) is 0 Å². The van der Waals surface area contributed by atoms with Crippen LogP contribution in [0.1, 0.15) is 52.7 Å². The van der Waals surface area contributed by atoms with Gasteiger partial charge in [-0.05, 0) is 37.1 Å². The van der Waals surface area contributed by atoms with Crippen molar-refractivity contribution < 1.29 is 4.79 Å². The Bertz CT molecular complexity index is 1140. The molecule has 30 heavy (non-hydrogen) atoms. The van der Waals surface area contributed by atoms with E-state index in [1.807, 2.05) is 47.7 Å². The summed E-state index contributed by atoms with van der Waals surface area (Å²) in [6, 6.07) is 15.0. The van der Waals surface area contributed by atoms with Crippen molar-refractivity contribution in [2.75, 3.05) is 0 Å². The Balaban J connectivity index is 0.000000493. The van der Waals surface area contributed by atoms with Crippen molar-refractivity contribution in [3.8, 4) is 11.3 Å².